The van der Waals surface area contributed by atoms with Gasteiger partial charge in [0.05, 0.1) is 5.60 Å². The first-order chi connectivity index (χ1) is 6.41. The minimum atomic E-state index is -0.103. The summed E-state index contributed by atoms with van der Waals surface area (Å²) in [6, 6.07) is 0. The van der Waals surface area contributed by atoms with Crippen molar-refractivity contribution in [1.82, 2.24) is 10.2 Å². The fourth-order valence-corrected chi connectivity index (χ4v) is 2.65. The first kappa shape index (κ1) is 10.4. The van der Waals surface area contributed by atoms with Crippen molar-refractivity contribution in [2.24, 2.45) is 5.92 Å². The van der Waals surface area contributed by atoms with Gasteiger partial charge in [-0.1, -0.05) is 0 Å². The average Bonchev–Trinajstić information content (AvgIpc) is 2.57. The third-order valence-electron chi connectivity index (χ3n) is 3.52. The first-order valence-corrected chi connectivity index (χ1v) is 5.55. The van der Waals surface area contributed by atoms with Gasteiger partial charge in [-0.25, -0.2) is 0 Å². The molecule has 3 heteroatoms. The van der Waals surface area contributed by atoms with E-state index in [1.807, 2.05) is 0 Å². The van der Waals surface area contributed by atoms with Crippen molar-refractivity contribution in [2.75, 3.05) is 26.7 Å². The van der Waals surface area contributed by atoms with Gasteiger partial charge in [0.15, 0.2) is 0 Å². The van der Waals surface area contributed by atoms with Crippen LogP contribution in [0, 0.1) is 5.92 Å². The molecule has 2 fully saturated rings. The van der Waals surface area contributed by atoms with Crippen LogP contribution in [0.2, 0.25) is 0 Å². The van der Waals surface area contributed by atoms with Crippen LogP contribution in [0.4, 0.5) is 0 Å². The highest BCUT2D eigenvalue weighted by molar-refractivity contribution is 4.96. The third kappa shape index (κ3) is 1.81. The Bertz CT molecular complexity index is 229. The van der Waals surface area contributed by atoms with Crippen LogP contribution in [-0.2, 0) is 4.74 Å². The molecule has 2 atom stereocenters. The molecule has 2 unspecified atom stereocenters. The quantitative estimate of drug-likeness (QED) is 0.681. The number of nitrogens with one attached hydrogen (secondary N) is 1. The van der Waals surface area contributed by atoms with E-state index in [2.05, 4.69) is 38.0 Å². The highest BCUT2D eigenvalue weighted by Gasteiger charge is 2.47. The monoisotopic (exact) mass is 198 g/mol. The van der Waals surface area contributed by atoms with Crippen LogP contribution in [0.5, 0.6) is 0 Å². The third-order valence-corrected chi connectivity index (χ3v) is 3.52. The second kappa shape index (κ2) is 3.19. The van der Waals surface area contributed by atoms with Crippen molar-refractivity contribution in [3.05, 3.63) is 0 Å². The number of nitrogens with zero attached hydrogens (tertiary/aromatic N) is 1. The molecule has 2 aliphatic rings. The standard InChI is InChI=1S/C11H22N2O/c1-10(2)8-12-11(3,14-10)9-5-6-13(4)7-9/h9,12H,5-8H2,1-4H3. The van der Waals surface area contributed by atoms with E-state index in [-0.39, 0.29) is 11.3 Å². The number of hydrogen-bond acceptors (Lipinski definition) is 3. The normalized spacial score (nSPS) is 43.3. The maximum absolute atomic E-state index is 6.13. The lowest BCUT2D eigenvalue weighted by atomic mass is 9.97. The number of ether oxygens (including phenoxy) is 1. The zero-order valence-electron chi connectivity index (χ0n) is 9.76. The van der Waals surface area contributed by atoms with Crippen LogP contribution in [0.3, 0.4) is 0 Å². The minimum absolute atomic E-state index is 0.00406. The lowest BCUT2D eigenvalue weighted by molar-refractivity contribution is -0.109. The summed E-state index contributed by atoms with van der Waals surface area (Å²) in [6.07, 6.45) is 1.25. The smallest absolute Gasteiger partial charge is 0.121 e. The van der Waals surface area contributed by atoms with Crippen molar-refractivity contribution < 1.29 is 4.74 Å². The summed E-state index contributed by atoms with van der Waals surface area (Å²) in [5.41, 5.74) is -0.107. The minimum Gasteiger partial charge on any atom is -0.353 e. The second-order valence-electron chi connectivity index (χ2n) is 5.57. The highest BCUT2D eigenvalue weighted by Crippen LogP contribution is 2.35. The molecule has 82 valence electrons. The Balaban J connectivity index is 2.03. The molecular formula is C11H22N2O. The maximum atomic E-state index is 6.13. The number of likely N-dealkylation sites (tertiary alicyclic amines) is 1. The van der Waals surface area contributed by atoms with Gasteiger partial charge in [-0.05, 0) is 40.8 Å². The van der Waals surface area contributed by atoms with E-state index in [1.54, 1.807) is 0 Å². The molecule has 2 aliphatic heterocycles. The first-order valence-electron chi connectivity index (χ1n) is 5.55. The van der Waals surface area contributed by atoms with Gasteiger partial charge in [-0.2, -0.15) is 0 Å². The van der Waals surface area contributed by atoms with E-state index in [4.69, 9.17) is 4.74 Å². The van der Waals surface area contributed by atoms with Gasteiger partial charge in [0.1, 0.15) is 5.72 Å². The summed E-state index contributed by atoms with van der Waals surface area (Å²) < 4.78 is 6.13. The lowest BCUT2D eigenvalue weighted by Crippen LogP contribution is -2.46. The Morgan fingerprint density at radius 1 is 1.36 bits per heavy atom. The predicted molar refractivity (Wildman–Crippen MR) is 57.2 cm³/mol. The summed E-state index contributed by atoms with van der Waals surface area (Å²) in [4.78, 5) is 2.38. The molecule has 0 radical (unpaired) electrons. The van der Waals surface area contributed by atoms with E-state index >= 15 is 0 Å². The molecule has 0 amide bonds. The van der Waals surface area contributed by atoms with E-state index < -0.39 is 0 Å². The van der Waals surface area contributed by atoms with Crippen LogP contribution in [-0.4, -0.2) is 42.9 Å². The molecule has 0 spiro atoms. The molecule has 3 nitrogen and oxygen atoms in total. The second-order valence-corrected chi connectivity index (χ2v) is 5.57. The molecule has 0 aromatic heterocycles. The van der Waals surface area contributed by atoms with Crippen LogP contribution in [0.15, 0.2) is 0 Å². The molecule has 0 bridgehead atoms. The van der Waals surface area contributed by atoms with E-state index in [9.17, 15) is 0 Å². The summed E-state index contributed by atoms with van der Waals surface area (Å²) in [5, 5.41) is 3.54. The van der Waals surface area contributed by atoms with Crippen LogP contribution in [0.1, 0.15) is 27.2 Å². The molecule has 1 N–H and O–H groups in total. The topological polar surface area (TPSA) is 24.5 Å². The van der Waals surface area contributed by atoms with Crippen LogP contribution >= 0.6 is 0 Å². The molecule has 0 saturated carbocycles. The Kier molecular flexibility index (Phi) is 2.37. The predicted octanol–water partition coefficient (Wildman–Crippen LogP) is 1.05. The Labute approximate surface area is 86.8 Å². The van der Waals surface area contributed by atoms with Crippen molar-refractivity contribution in [3.63, 3.8) is 0 Å². The van der Waals surface area contributed by atoms with Crippen LogP contribution in [0.25, 0.3) is 0 Å². The molecule has 0 aromatic rings. The van der Waals surface area contributed by atoms with E-state index in [1.165, 1.54) is 13.0 Å². The SMILES string of the molecule is CN1CCC(C2(C)NCC(C)(C)O2)C1. The number of hydrogen-bond donors (Lipinski definition) is 1. The van der Waals surface area contributed by atoms with Gasteiger partial charge >= 0.3 is 0 Å². The van der Waals surface area contributed by atoms with Gasteiger partial charge in [0.2, 0.25) is 0 Å². The Hall–Kier alpha value is -0.120. The van der Waals surface area contributed by atoms with Gasteiger partial charge in [0, 0.05) is 19.0 Å². The summed E-state index contributed by atoms with van der Waals surface area (Å²) >= 11 is 0. The molecule has 2 heterocycles. The van der Waals surface area contributed by atoms with Crippen molar-refractivity contribution >= 4 is 0 Å². The van der Waals surface area contributed by atoms with Gasteiger partial charge in [0.25, 0.3) is 0 Å². The number of rotatable bonds is 1. The van der Waals surface area contributed by atoms with Gasteiger partial charge in [-0.15, -0.1) is 0 Å². The van der Waals surface area contributed by atoms with Gasteiger partial charge < -0.3 is 9.64 Å². The van der Waals surface area contributed by atoms with E-state index in [0.29, 0.717) is 5.92 Å². The molecule has 2 rings (SSSR count). The summed E-state index contributed by atoms with van der Waals surface area (Å²) in [7, 11) is 2.18. The fourth-order valence-electron chi connectivity index (χ4n) is 2.65. The van der Waals surface area contributed by atoms with Crippen molar-refractivity contribution in [3.8, 4) is 0 Å². The maximum Gasteiger partial charge on any atom is 0.121 e. The Morgan fingerprint density at radius 2 is 2.07 bits per heavy atom. The summed E-state index contributed by atoms with van der Waals surface area (Å²) in [5.74, 6) is 0.634. The van der Waals surface area contributed by atoms with Crippen molar-refractivity contribution in [1.29, 1.82) is 0 Å². The van der Waals surface area contributed by atoms with Gasteiger partial charge in [-0.3, -0.25) is 5.32 Å². The van der Waals surface area contributed by atoms with Crippen molar-refractivity contribution in [2.45, 2.75) is 38.5 Å². The highest BCUT2D eigenvalue weighted by atomic mass is 16.5. The average molecular weight is 198 g/mol. The molecule has 0 aromatic carbocycles. The fraction of sp³-hybridized carbons (Fsp3) is 1.00. The summed E-state index contributed by atoms with van der Waals surface area (Å²) in [6.45, 7) is 9.83. The molecular weight excluding hydrogens is 176 g/mol. The molecule has 14 heavy (non-hydrogen) atoms. The molecule has 2 saturated heterocycles. The molecule has 0 aliphatic carbocycles. The van der Waals surface area contributed by atoms with E-state index in [0.717, 1.165) is 13.1 Å². The van der Waals surface area contributed by atoms with Crippen LogP contribution < -0.4 is 5.32 Å². The largest absolute Gasteiger partial charge is 0.353 e. The zero-order chi connectivity index (χ0) is 10.4. The lowest BCUT2D eigenvalue weighted by Gasteiger charge is -2.32. The zero-order valence-corrected chi connectivity index (χ0v) is 9.76. The Morgan fingerprint density at radius 3 is 2.50 bits per heavy atom.